The van der Waals surface area contributed by atoms with Gasteiger partial charge in [-0.1, -0.05) is 32.6 Å². The van der Waals surface area contributed by atoms with Crippen LogP contribution < -0.4 is 5.32 Å². The number of piperidine rings is 1. The van der Waals surface area contributed by atoms with Gasteiger partial charge in [-0.3, -0.25) is 4.79 Å². The number of carboxylic acid groups (broad SMARTS) is 1. The molecule has 0 unspecified atom stereocenters. The summed E-state index contributed by atoms with van der Waals surface area (Å²) in [5, 5.41) is 12.3. The average Bonchev–Trinajstić information content (AvgIpc) is 2.96. The van der Waals surface area contributed by atoms with Gasteiger partial charge < -0.3 is 15.3 Å². The molecule has 1 saturated carbocycles. The third-order valence-electron chi connectivity index (χ3n) is 5.19. The van der Waals surface area contributed by atoms with Gasteiger partial charge in [0.1, 0.15) is 0 Å². The van der Waals surface area contributed by atoms with Crippen molar-refractivity contribution in [3.8, 4) is 0 Å². The Balaban J connectivity index is 1.78. The van der Waals surface area contributed by atoms with Crippen LogP contribution in [0.5, 0.6) is 0 Å². The van der Waals surface area contributed by atoms with Crippen molar-refractivity contribution in [2.45, 2.75) is 58.3 Å². The molecular weight excluding hydrogens is 268 g/mol. The first kappa shape index (κ1) is 16.1. The summed E-state index contributed by atoms with van der Waals surface area (Å²) in [5.74, 6) is -0.0128. The molecule has 1 aliphatic heterocycles. The number of nitrogens with zero attached hydrogens (tertiary/aromatic N) is 1. The lowest BCUT2D eigenvalue weighted by Gasteiger charge is -2.33. The van der Waals surface area contributed by atoms with Crippen LogP contribution in [0.25, 0.3) is 0 Å². The van der Waals surface area contributed by atoms with Gasteiger partial charge in [-0.05, 0) is 31.6 Å². The predicted molar refractivity (Wildman–Crippen MR) is 81.1 cm³/mol. The lowest BCUT2D eigenvalue weighted by atomic mass is 9.86. The van der Waals surface area contributed by atoms with E-state index in [0.29, 0.717) is 12.8 Å². The molecule has 5 nitrogen and oxygen atoms in total. The molecule has 0 atom stereocenters. The van der Waals surface area contributed by atoms with E-state index in [1.54, 1.807) is 0 Å². The zero-order chi connectivity index (χ0) is 15.3. The highest BCUT2D eigenvalue weighted by Crippen LogP contribution is 2.37. The van der Waals surface area contributed by atoms with E-state index < -0.39 is 11.4 Å². The molecule has 0 radical (unpaired) electrons. The number of rotatable bonds is 5. The van der Waals surface area contributed by atoms with Crippen molar-refractivity contribution in [2.75, 3.05) is 19.6 Å². The number of nitrogens with one attached hydrogen (secondary N) is 1. The predicted octanol–water partition coefficient (Wildman–Crippen LogP) is 2.85. The van der Waals surface area contributed by atoms with E-state index in [0.717, 1.165) is 44.7 Å². The third-order valence-corrected chi connectivity index (χ3v) is 5.19. The van der Waals surface area contributed by atoms with Crippen LogP contribution in [0, 0.1) is 11.3 Å². The van der Waals surface area contributed by atoms with Gasteiger partial charge in [0.25, 0.3) is 0 Å². The SMILES string of the molecule is CCCC1CCN(C(=O)NCC2(C(=O)O)CCCC2)CC1. The smallest absolute Gasteiger partial charge is 0.317 e. The minimum absolute atomic E-state index is 0.0857. The van der Waals surface area contributed by atoms with E-state index >= 15 is 0 Å². The first-order valence-corrected chi connectivity index (χ1v) is 8.33. The Bertz CT molecular complexity index is 370. The van der Waals surface area contributed by atoms with E-state index in [2.05, 4.69) is 12.2 Å². The number of urea groups is 1. The molecule has 120 valence electrons. The molecule has 2 aliphatic rings. The quantitative estimate of drug-likeness (QED) is 0.819. The minimum atomic E-state index is -0.762. The number of likely N-dealkylation sites (tertiary alicyclic amines) is 1. The second-order valence-corrected chi connectivity index (χ2v) is 6.67. The van der Waals surface area contributed by atoms with Crippen LogP contribution in [0.2, 0.25) is 0 Å². The van der Waals surface area contributed by atoms with Gasteiger partial charge in [-0.2, -0.15) is 0 Å². The molecule has 2 amide bonds. The summed E-state index contributed by atoms with van der Waals surface area (Å²) in [5.41, 5.74) is -0.726. The van der Waals surface area contributed by atoms with Crippen LogP contribution in [0.4, 0.5) is 4.79 Å². The Labute approximate surface area is 127 Å². The lowest BCUT2D eigenvalue weighted by Crippen LogP contribution is -2.48. The molecule has 0 aromatic heterocycles. The summed E-state index contributed by atoms with van der Waals surface area (Å²) in [6.07, 6.45) is 7.86. The van der Waals surface area contributed by atoms with E-state index in [9.17, 15) is 14.7 Å². The van der Waals surface area contributed by atoms with Crippen LogP contribution in [0.1, 0.15) is 58.3 Å². The van der Waals surface area contributed by atoms with Gasteiger partial charge in [0.05, 0.1) is 5.41 Å². The van der Waals surface area contributed by atoms with Crippen molar-refractivity contribution in [3.05, 3.63) is 0 Å². The molecule has 2 fully saturated rings. The molecule has 21 heavy (non-hydrogen) atoms. The highest BCUT2D eigenvalue weighted by atomic mass is 16.4. The Hall–Kier alpha value is -1.26. The van der Waals surface area contributed by atoms with Crippen molar-refractivity contribution in [1.82, 2.24) is 10.2 Å². The fraction of sp³-hybridized carbons (Fsp3) is 0.875. The maximum atomic E-state index is 12.2. The monoisotopic (exact) mass is 296 g/mol. The number of carbonyl (C=O) groups is 2. The first-order valence-electron chi connectivity index (χ1n) is 8.33. The maximum Gasteiger partial charge on any atom is 0.317 e. The van der Waals surface area contributed by atoms with Crippen LogP contribution in [-0.2, 0) is 4.79 Å². The van der Waals surface area contributed by atoms with E-state index in [4.69, 9.17) is 0 Å². The summed E-state index contributed by atoms with van der Waals surface area (Å²) in [6.45, 7) is 4.08. The van der Waals surface area contributed by atoms with Gasteiger partial charge in [0.15, 0.2) is 0 Å². The van der Waals surface area contributed by atoms with Crippen molar-refractivity contribution in [2.24, 2.45) is 11.3 Å². The van der Waals surface area contributed by atoms with Crippen LogP contribution in [0.15, 0.2) is 0 Å². The molecule has 0 bridgehead atoms. The highest BCUT2D eigenvalue weighted by molar-refractivity contribution is 5.78. The summed E-state index contributed by atoms with van der Waals surface area (Å²) in [6, 6.07) is -0.0857. The van der Waals surface area contributed by atoms with Crippen molar-refractivity contribution >= 4 is 12.0 Å². The largest absolute Gasteiger partial charge is 0.481 e. The van der Waals surface area contributed by atoms with E-state index in [-0.39, 0.29) is 12.6 Å². The zero-order valence-corrected chi connectivity index (χ0v) is 13.1. The Morgan fingerprint density at radius 1 is 1.24 bits per heavy atom. The number of hydrogen-bond donors (Lipinski definition) is 2. The molecular formula is C16H28N2O3. The fourth-order valence-electron chi connectivity index (χ4n) is 3.71. The summed E-state index contributed by atoms with van der Waals surface area (Å²) in [7, 11) is 0. The number of amides is 2. The van der Waals surface area contributed by atoms with Crippen LogP contribution >= 0.6 is 0 Å². The molecule has 0 aromatic carbocycles. The molecule has 1 aliphatic carbocycles. The van der Waals surface area contributed by atoms with Gasteiger partial charge >= 0.3 is 12.0 Å². The van der Waals surface area contributed by atoms with Crippen molar-refractivity contribution in [1.29, 1.82) is 0 Å². The second kappa shape index (κ2) is 7.14. The first-order chi connectivity index (χ1) is 10.1. The van der Waals surface area contributed by atoms with E-state index in [1.165, 1.54) is 12.8 Å². The minimum Gasteiger partial charge on any atom is -0.481 e. The highest BCUT2D eigenvalue weighted by Gasteiger charge is 2.41. The average molecular weight is 296 g/mol. The van der Waals surface area contributed by atoms with Crippen molar-refractivity contribution in [3.63, 3.8) is 0 Å². The molecule has 0 spiro atoms. The summed E-state index contributed by atoms with van der Waals surface area (Å²) < 4.78 is 0. The Kier molecular flexibility index (Phi) is 5.48. The van der Waals surface area contributed by atoms with E-state index in [1.807, 2.05) is 4.90 Å². The van der Waals surface area contributed by atoms with Gasteiger partial charge in [0, 0.05) is 19.6 Å². The summed E-state index contributed by atoms with van der Waals surface area (Å²) in [4.78, 5) is 25.5. The van der Waals surface area contributed by atoms with Gasteiger partial charge in [0.2, 0.25) is 0 Å². The second-order valence-electron chi connectivity index (χ2n) is 6.67. The number of aliphatic carboxylic acids is 1. The maximum absolute atomic E-state index is 12.2. The van der Waals surface area contributed by atoms with Crippen molar-refractivity contribution < 1.29 is 14.7 Å². The molecule has 2 rings (SSSR count). The van der Waals surface area contributed by atoms with Gasteiger partial charge in [-0.25, -0.2) is 4.79 Å². The Morgan fingerprint density at radius 3 is 2.38 bits per heavy atom. The molecule has 1 saturated heterocycles. The normalized spacial score (nSPS) is 22.2. The van der Waals surface area contributed by atoms with Crippen LogP contribution in [-0.4, -0.2) is 41.6 Å². The van der Waals surface area contributed by atoms with Gasteiger partial charge in [-0.15, -0.1) is 0 Å². The number of hydrogen-bond acceptors (Lipinski definition) is 2. The number of carbonyl (C=O) groups excluding carboxylic acids is 1. The standard InChI is InChI=1S/C16H28N2O3/c1-2-5-13-6-10-18(11-7-13)15(21)17-12-16(14(19)20)8-3-4-9-16/h13H,2-12H2,1H3,(H,17,21)(H,19,20). The Morgan fingerprint density at radius 2 is 1.86 bits per heavy atom. The zero-order valence-electron chi connectivity index (χ0n) is 13.1. The number of carboxylic acids is 1. The van der Waals surface area contributed by atoms with Crippen LogP contribution in [0.3, 0.4) is 0 Å². The molecule has 1 heterocycles. The molecule has 2 N–H and O–H groups in total. The topological polar surface area (TPSA) is 69.6 Å². The molecule has 5 heteroatoms. The summed E-state index contributed by atoms with van der Waals surface area (Å²) >= 11 is 0. The fourth-order valence-corrected chi connectivity index (χ4v) is 3.71. The molecule has 0 aromatic rings. The lowest BCUT2D eigenvalue weighted by molar-refractivity contribution is -0.148. The third kappa shape index (κ3) is 3.89.